The van der Waals surface area contributed by atoms with Gasteiger partial charge in [-0.25, -0.2) is 0 Å². The molecule has 0 aromatic heterocycles. The lowest BCUT2D eigenvalue weighted by atomic mass is 9.71. The van der Waals surface area contributed by atoms with Gasteiger partial charge in [0.2, 0.25) is 0 Å². The van der Waals surface area contributed by atoms with E-state index in [2.05, 4.69) is 20.8 Å². The Morgan fingerprint density at radius 2 is 2.13 bits per heavy atom. The molecule has 0 radical (unpaired) electrons. The van der Waals surface area contributed by atoms with Crippen molar-refractivity contribution in [2.75, 3.05) is 0 Å². The third-order valence-corrected chi connectivity index (χ3v) is 3.77. The maximum Gasteiger partial charge on any atom is 0.122 e. The first-order valence-electron chi connectivity index (χ1n) is 6.12. The van der Waals surface area contributed by atoms with Gasteiger partial charge in [-0.15, -0.1) is 0 Å². The SMILES string of the molecule is CC1=C(CCC(C)C=O)C(C)(C)CCC1. The predicted molar refractivity (Wildman–Crippen MR) is 64.8 cm³/mol. The second-order valence-corrected chi connectivity index (χ2v) is 5.65. The van der Waals surface area contributed by atoms with Crippen LogP contribution < -0.4 is 0 Å². The number of hydrogen-bond acceptors (Lipinski definition) is 1. The first-order valence-corrected chi connectivity index (χ1v) is 6.12. The second kappa shape index (κ2) is 4.96. The molecule has 0 heterocycles. The molecular weight excluding hydrogens is 184 g/mol. The molecule has 1 rings (SSSR count). The molecule has 1 unspecified atom stereocenters. The molecule has 0 spiro atoms. The fraction of sp³-hybridized carbons (Fsp3) is 0.786. The Labute approximate surface area is 93.9 Å². The molecule has 0 aromatic rings. The lowest BCUT2D eigenvalue weighted by Crippen LogP contribution is -2.21. The minimum absolute atomic E-state index is 0.211. The average Bonchev–Trinajstić information content (AvgIpc) is 2.15. The van der Waals surface area contributed by atoms with Crippen LogP contribution in [0.15, 0.2) is 11.1 Å². The average molecular weight is 208 g/mol. The van der Waals surface area contributed by atoms with Crippen LogP contribution in [-0.2, 0) is 4.79 Å². The first-order chi connectivity index (χ1) is 6.97. The third-order valence-electron chi connectivity index (χ3n) is 3.77. The Kier molecular flexibility index (Phi) is 4.12. The van der Waals surface area contributed by atoms with Crippen molar-refractivity contribution in [3.8, 4) is 0 Å². The van der Waals surface area contributed by atoms with Gasteiger partial charge in [-0.1, -0.05) is 31.9 Å². The second-order valence-electron chi connectivity index (χ2n) is 5.65. The van der Waals surface area contributed by atoms with Gasteiger partial charge in [-0.2, -0.15) is 0 Å². The molecule has 0 saturated heterocycles. The lowest BCUT2D eigenvalue weighted by molar-refractivity contribution is -0.110. The van der Waals surface area contributed by atoms with Gasteiger partial charge in [0.15, 0.2) is 0 Å². The Balaban J connectivity index is 2.68. The molecule has 1 aliphatic carbocycles. The van der Waals surface area contributed by atoms with Crippen molar-refractivity contribution in [1.82, 2.24) is 0 Å². The summed E-state index contributed by atoms with van der Waals surface area (Å²) in [6.07, 6.45) is 7.08. The quantitative estimate of drug-likeness (QED) is 0.501. The summed E-state index contributed by atoms with van der Waals surface area (Å²) in [4.78, 5) is 10.6. The summed E-state index contributed by atoms with van der Waals surface area (Å²) in [6.45, 7) is 8.97. The molecule has 0 bridgehead atoms. The molecule has 0 aromatic carbocycles. The highest BCUT2D eigenvalue weighted by Crippen LogP contribution is 2.42. The normalized spacial score (nSPS) is 22.7. The summed E-state index contributed by atoms with van der Waals surface area (Å²) in [5.41, 5.74) is 3.55. The van der Waals surface area contributed by atoms with Crippen LogP contribution in [0.5, 0.6) is 0 Å². The van der Waals surface area contributed by atoms with Gasteiger partial charge in [0.25, 0.3) is 0 Å². The standard InChI is InChI=1S/C14H24O/c1-11(10-15)7-8-13-12(2)6-5-9-14(13,3)4/h10-11H,5-9H2,1-4H3. The maximum atomic E-state index is 10.6. The van der Waals surface area contributed by atoms with Crippen LogP contribution in [0.3, 0.4) is 0 Å². The summed E-state index contributed by atoms with van der Waals surface area (Å²) >= 11 is 0. The van der Waals surface area contributed by atoms with Crippen molar-refractivity contribution in [2.24, 2.45) is 11.3 Å². The van der Waals surface area contributed by atoms with E-state index in [1.54, 1.807) is 11.1 Å². The molecular formula is C14H24O. The smallest absolute Gasteiger partial charge is 0.122 e. The fourth-order valence-corrected chi connectivity index (χ4v) is 2.67. The Hall–Kier alpha value is -0.590. The van der Waals surface area contributed by atoms with Crippen LogP contribution in [0.2, 0.25) is 0 Å². The monoisotopic (exact) mass is 208 g/mol. The fourth-order valence-electron chi connectivity index (χ4n) is 2.67. The molecule has 86 valence electrons. The zero-order valence-electron chi connectivity index (χ0n) is 10.6. The van der Waals surface area contributed by atoms with Crippen LogP contribution >= 0.6 is 0 Å². The van der Waals surface area contributed by atoms with E-state index in [9.17, 15) is 4.79 Å². The summed E-state index contributed by atoms with van der Waals surface area (Å²) in [7, 11) is 0. The van der Waals surface area contributed by atoms with Crippen molar-refractivity contribution < 1.29 is 4.79 Å². The van der Waals surface area contributed by atoms with Gasteiger partial charge in [-0.3, -0.25) is 0 Å². The van der Waals surface area contributed by atoms with Crippen LogP contribution in [0.4, 0.5) is 0 Å². The highest BCUT2D eigenvalue weighted by Gasteiger charge is 2.27. The minimum Gasteiger partial charge on any atom is -0.303 e. The van der Waals surface area contributed by atoms with Crippen LogP contribution in [-0.4, -0.2) is 6.29 Å². The van der Waals surface area contributed by atoms with Gasteiger partial charge >= 0.3 is 0 Å². The molecule has 0 aliphatic heterocycles. The molecule has 0 amide bonds. The molecule has 1 atom stereocenters. The van der Waals surface area contributed by atoms with Crippen molar-refractivity contribution in [2.45, 2.75) is 59.8 Å². The summed E-state index contributed by atoms with van der Waals surface area (Å²) < 4.78 is 0. The molecule has 0 saturated carbocycles. The van der Waals surface area contributed by atoms with Gasteiger partial charge in [0.05, 0.1) is 0 Å². The zero-order valence-corrected chi connectivity index (χ0v) is 10.6. The van der Waals surface area contributed by atoms with Gasteiger partial charge in [0, 0.05) is 5.92 Å². The van der Waals surface area contributed by atoms with Crippen molar-refractivity contribution in [3.63, 3.8) is 0 Å². The lowest BCUT2D eigenvalue weighted by Gasteiger charge is -2.35. The molecule has 1 aliphatic rings. The maximum absolute atomic E-state index is 10.6. The number of carbonyl (C=O) groups excluding carboxylic acids is 1. The van der Waals surface area contributed by atoms with Crippen molar-refractivity contribution in [1.29, 1.82) is 0 Å². The van der Waals surface area contributed by atoms with Gasteiger partial charge in [0.1, 0.15) is 6.29 Å². The third kappa shape index (κ3) is 3.19. The van der Waals surface area contributed by atoms with E-state index in [-0.39, 0.29) is 5.92 Å². The van der Waals surface area contributed by atoms with Gasteiger partial charge in [-0.05, 0) is 44.4 Å². The summed E-state index contributed by atoms with van der Waals surface area (Å²) in [5, 5.41) is 0. The number of rotatable bonds is 4. The van der Waals surface area contributed by atoms with Crippen LogP contribution in [0.1, 0.15) is 59.8 Å². The molecule has 1 heteroatoms. The topological polar surface area (TPSA) is 17.1 Å². The van der Waals surface area contributed by atoms with Crippen molar-refractivity contribution in [3.05, 3.63) is 11.1 Å². The number of allylic oxidation sites excluding steroid dienone is 2. The Morgan fingerprint density at radius 3 is 2.67 bits per heavy atom. The predicted octanol–water partition coefficient (Wildman–Crippen LogP) is 4.13. The first kappa shape index (κ1) is 12.5. The van der Waals surface area contributed by atoms with E-state index in [1.807, 2.05) is 6.92 Å². The minimum atomic E-state index is 0.211. The van der Waals surface area contributed by atoms with Crippen LogP contribution in [0, 0.1) is 11.3 Å². The number of carbonyl (C=O) groups is 1. The number of aldehydes is 1. The highest BCUT2D eigenvalue weighted by molar-refractivity contribution is 5.52. The Morgan fingerprint density at radius 1 is 1.47 bits per heavy atom. The van der Waals surface area contributed by atoms with Gasteiger partial charge < -0.3 is 4.79 Å². The summed E-state index contributed by atoms with van der Waals surface area (Å²) in [6, 6.07) is 0. The number of hydrogen-bond donors (Lipinski definition) is 0. The molecule has 1 nitrogen and oxygen atoms in total. The highest BCUT2D eigenvalue weighted by atomic mass is 16.1. The Bertz CT molecular complexity index is 261. The van der Waals surface area contributed by atoms with E-state index < -0.39 is 0 Å². The van der Waals surface area contributed by atoms with E-state index in [0.29, 0.717) is 5.41 Å². The van der Waals surface area contributed by atoms with E-state index >= 15 is 0 Å². The van der Waals surface area contributed by atoms with Crippen LogP contribution in [0.25, 0.3) is 0 Å². The molecule has 15 heavy (non-hydrogen) atoms. The molecule has 0 fully saturated rings. The van der Waals surface area contributed by atoms with E-state index in [4.69, 9.17) is 0 Å². The van der Waals surface area contributed by atoms with E-state index in [0.717, 1.165) is 19.1 Å². The van der Waals surface area contributed by atoms with E-state index in [1.165, 1.54) is 19.3 Å². The summed E-state index contributed by atoms with van der Waals surface area (Å²) in [5.74, 6) is 0.211. The zero-order chi connectivity index (χ0) is 11.5. The largest absolute Gasteiger partial charge is 0.303 e. The molecule has 0 N–H and O–H groups in total. The van der Waals surface area contributed by atoms with Crippen molar-refractivity contribution >= 4 is 6.29 Å².